The van der Waals surface area contributed by atoms with Crippen molar-refractivity contribution in [2.45, 2.75) is 13.5 Å². The van der Waals surface area contributed by atoms with Gasteiger partial charge >= 0.3 is 0 Å². The number of halogens is 1. The van der Waals surface area contributed by atoms with Crippen LogP contribution in [0.1, 0.15) is 11.3 Å². The molecule has 0 aliphatic carbocycles. The van der Waals surface area contributed by atoms with Crippen molar-refractivity contribution in [2.24, 2.45) is 0 Å². The number of aromatic nitrogens is 1. The maximum absolute atomic E-state index is 5.97. The van der Waals surface area contributed by atoms with Crippen LogP contribution in [0, 0.1) is 6.92 Å². The molecule has 2 rings (SSSR count). The number of rotatable bonds is 3. The zero-order valence-electron chi connectivity index (χ0n) is 8.33. The van der Waals surface area contributed by atoms with Crippen LogP contribution in [0.5, 0.6) is 0 Å². The smallest absolute Gasteiger partial charge is 0.125 e. The molecule has 0 radical (unpaired) electrons. The Morgan fingerprint density at radius 2 is 2.33 bits per heavy atom. The predicted molar refractivity (Wildman–Crippen MR) is 60.0 cm³/mol. The third kappa shape index (κ3) is 2.30. The first-order chi connectivity index (χ1) is 7.27. The number of furan rings is 1. The Kier molecular flexibility index (Phi) is 2.92. The number of aryl methyl sites for hydroxylation is 1. The monoisotopic (exact) mass is 222 g/mol. The van der Waals surface area contributed by atoms with Gasteiger partial charge in [-0.1, -0.05) is 11.6 Å². The second kappa shape index (κ2) is 4.36. The highest BCUT2D eigenvalue weighted by Crippen LogP contribution is 2.20. The summed E-state index contributed by atoms with van der Waals surface area (Å²) in [6, 6.07) is 3.68. The highest BCUT2D eigenvalue weighted by molar-refractivity contribution is 6.33. The van der Waals surface area contributed by atoms with E-state index in [-0.39, 0.29) is 0 Å². The summed E-state index contributed by atoms with van der Waals surface area (Å²) in [5.41, 5.74) is 1.94. The Balaban J connectivity index is 2.06. The summed E-state index contributed by atoms with van der Waals surface area (Å²) in [4.78, 5) is 3.99. The summed E-state index contributed by atoms with van der Waals surface area (Å²) in [5.74, 6) is 0.912. The molecule has 2 heterocycles. The highest BCUT2D eigenvalue weighted by atomic mass is 35.5. The second-order valence-electron chi connectivity index (χ2n) is 3.24. The van der Waals surface area contributed by atoms with E-state index >= 15 is 0 Å². The molecule has 4 heteroatoms. The molecule has 3 nitrogen and oxygen atoms in total. The first-order valence-corrected chi connectivity index (χ1v) is 5.01. The van der Waals surface area contributed by atoms with E-state index in [1.807, 2.05) is 13.0 Å². The lowest BCUT2D eigenvalue weighted by Crippen LogP contribution is -2.00. The van der Waals surface area contributed by atoms with Crippen LogP contribution in [0.15, 0.2) is 35.2 Å². The van der Waals surface area contributed by atoms with Crippen molar-refractivity contribution in [1.29, 1.82) is 0 Å². The molecule has 0 saturated carbocycles. The fraction of sp³-hybridized carbons (Fsp3) is 0.182. The van der Waals surface area contributed by atoms with E-state index in [1.165, 1.54) is 0 Å². The van der Waals surface area contributed by atoms with E-state index in [4.69, 9.17) is 16.0 Å². The van der Waals surface area contributed by atoms with Gasteiger partial charge in [0.1, 0.15) is 5.76 Å². The molecule has 0 fully saturated rings. The Hall–Kier alpha value is -1.48. The first kappa shape index (κ1) is 10.1. The van der Waals surface area contributed by atoms with Gasteiger partial charge in [0.15, 0.2) is 0 Å². The molecule has 1 N–H and O–H groups in total. The largest absolute Gasteiger partial charge is 0.467 e. The Morgan fingerprint density at radius 3 is 3.00 bits per heavy atom. The topological polar surface area (TPSA) is 38.1 Å². The van der Waals surface area contributed by atoms with Crippen LogP contribution in [-0.2, 0) is 6.54 Å². The highest BCUT2D eigenvalue weighted by Gasteiger charge is 2.03. The van der Waals surface area contributed by atoms with Gasteiger partial charge in [-0.05, 0) is 24.6 Å². The molecular weight excluding hydrogens is 212 g/mol. The summed E-state index contributed by atoms with van der Waals surface area (Å²) in [6.45, 7) is 2.62. The minimum atomic E-state index is 0.615. The van der Waals surface area contributed by atoms with Crippen molar-refractivity contribution in [3.8, 4) is 0 Å². The summed E-state index contributed by atoms with van der Waals surface area (Å²) in [7, 11) is 0. The molecule has 2 aromatic rings. The van der Waals surface area contributed by atoms with Crippen molar-refractivity contribution < 1.29 is 4.42 Å². The molecule has 0 unspecified atom stereocenters. The quantitative estimate of drug-likeness (QED) is 0.867. The fourth-order valence-electron chi connectivity index (χ4n) is 1.27. The second-order valence-corrected chi connectivity index (χ2v) is 3.64. The SMILES string of the molecule is Cc1ccoc1CNc1cnccc1Cl. The van der Waals surface area contributed by atoms with Gasteiger partial charge < -0.3 is 9.73 Å². The molecule has 0 aliphatic rings. The van der Waals surface area contributed by atoms with Crippen molar-refractivity contribution >= 4 is 17.3 Å². The number of anilines is 1. The lowest BCUT2D eigenvalue weighted by molar-refractivity contribution is 0.515. The van der Waals surface area contributed by atoms with Crippen molar-refractivity contribution in [1.82, 2.24) is 4.98 Å². The normalized spacial score (nSPS) is 10.3. The number of pyridine rings is 1. The zero-order chi connectivity index (χ0) is 10.7. The standard InChI is InChI=1S/C11H11ClN2O/c1-8-3-5-15-11(8)7-14-10-6-13-4-2-9(10)12/h2-6,14H,7H2,1H3. The maximum atomic E-state index is 5.97. The van der Waals surface area contributed by atoms with Crippen LogP contribution >= 0.6 is 11.6 Å². The van der Waals surface area contributed by atoms with Crippen LogP contribution in [0.2, 0.25) is 5.02 Å². The molecule has 0 bridgehead atoms. The summed E-state index contributed by atoms with van der Waals surface area (Å²) >= 11 is 5.97. The van der Waals surface area contributed by atoms with E-state index < -0.39 is 0 Å². The van der Waals surface area contributed by atoms with E-state index in [0.29, 0.717) is 11.6 Å². The molecule has 0 atom stereocenters. The lowest BCUT2D eigenvalue weighted by Gasteiger charge is -2.05. The number of nitrogens with zero attached hydrogens (tertiary/aromatic N) is 1. The predicted octanol–water partition coefficient (Wildman–Crippen LogP) is 3.25. The molecule has 0 aliphatic heterocycles. The maximum Gasteiger partial charge on any atom is 0.125 e. The van der Waals surface area contributed by atoms with Crippen LogP contribution < -0.4 is 5.32 Å². The van der Waals surface area contributed by atoms with E-state index in [9.17, 15) is 0 Å². The van der Waals surface area contributed by atoms with Gasteiger partial charge in [0.25, 0.3) is 0 Å². The van der Waals surface area contributed by atoms with Gasteiger partial charge in [-0.2, -0.15) is 0 Å². The fourth-order valence-corrected chi connectivity index (χ4v) is 1.44. The minimum Gasteiger partial charge on any atom is -0.467 e. The van der Waals surface area contributed by atoms with Crippen LogP contribution in [0.25, 0.3) is 0 Å². The number of hydrogen-bond acceptors (Lipinski definition) is 3. The van der Waals surface area contributed by atoms with Gasteiger partial charge in [0, 0.05) is 6.20 Å². The Morgan fingerprint density at radius 1 is 1.47 bits per heavy atom. The molecule has 0 spiro atoms. The van der Waals surface area contributed by atoms with Crippen LogP contribution in [-0.4, -0.2) is 4.98 Å². The Labute approximate surface area is 93.1 Å². The molecular formula is C11H11ClN2O. The van der Waals surface area contributed by atoms with Gasteiger partial charge in [-0.3, -0.25) is 4.98 Å². The number of hydrogen-bond donors (Lipinski definition) is 1. The molecule has 0 aromatic carbocycles. The van der Waals surface area contributed by atoms with Crippen LogP contribution in [0.4, 0.5) is 5.69 Å². The van der Waals surface area contributed by atoms with Crippen molar-refractivity contribution in [2.75, 3.05) is 5.32 Å². The van der Waals surface area contributed by atoms with Gasteiger partial charge in [0.05, 0.1) is 29.7 Å². The Bertz CT molecular complexity index is 453. The van der Waals surface area contributed by atoms with Gasteiger partial charge in [-0.15, -0.1) is 0 Å². The molecule has 2 aromatic heterocycles. The van der Waals surface area contributed by atoms with E-state index in [0.717, 1.165) is 17.0 Å². The average Bonchev–Trinajstić information content (AvgIpc) is 2.63. The van der Waals surface area contributed by atoms with E-state index in [2.05, 4.69) is 10.3 Å². The third-order valence-electron chi connectivity index (χ3n) is 2.18. The average molecular weight is 223 g/mol. The zero-order valence-corrected chi connectivity index (χ0v) is 9.08. The summed E-state index contributed by atoms with van der Waals surface area (Å²) in [6.07, 6.45) is 5.03. The summed E-state index contributed by atoms with van der Waals surface area (Å²) < 4.78 is 5.30. The molecule has 15 heavy (non-hydrogen) atoms. The van der Waals surface area contributed by atoms with Gasteiger partial charge in [-0.25, -0.2) is 0 Å². The lowest BCUT2D eigenvalue weighted by atomic mass is 10.3. The minimum absolute atomic E-state index is 0.615. The summed E-state index contributed by atoms with van der Waals surface area (Å²) in [5, 5.41) is 3.83. The molecule has 78 valence electrons. The first-order valence-electron chi connectivity index (χ1n) is 4.64. The van der Waals surface area contributed by atoms with Crippen molar-refractivity contribution in [3.05, 3.63) is 47.1 Å². The van der Waals surface area contributed by atoms with Crippen LogP contribution in [0.3, 0.4) is 0 Å². The van der Waals surface area contributed by atoms with Crippen molar-refractivity contribution in [3.63, 3.8) is 0 Å². The molecule has 0 amide bonds. The van der Waals surface area contributed by atoms with Gasteiger partial charge in [0.2, 0.25) is 0 Å². The van der Waals surface area contributed by atoms with E-state index in [1.54, 1.807) is 24.7 Å². The number of nitrogens with one attached hydrogen (secondary N) is 1. The third-order valence-corrected chi connectivity index (χ3v) is 2.51. The molecule has 0 saturated heterocycles.